The van der Waals surface area contributed by atoms with Crippen molar-refractivity contribution in [2.45, 2.75) is 35.6 Å². The summed E-state index contributed by atoms with van der Waals surface area (Å²) in [5.74, 6) is -0.372. The standard InChI is InChI=1S/C33H33Cl2N5O3S/c1-21-2-9-25(10-3-21)44-33(32(43)39-14-12-38(13-15-39)30(42)18-36)17-29(41)40(20-22-4-6-23(34)7-5-22)31(33)27-19-37-28-16-24(35)8-11-26(27)28/h2-11,16,19,31,37H,12-15,17-18,20,36H2,1H3/t31-,33-/m0/s1. The number of aromatic amines is 1. The third-order valence-electron chi connectivity index (χ3n) is 8.50. The summed E-state index contributed by atoms with van der Waals surface area (Å²) in [7, 11) is 0. The van der Waals surface area contributed by atoms with Gasteiger partial charge in [-0.2, -0.15) is 0 Å². The molecule has 0 radical (unpaired) electrons. The zero-order valence-corrected chi connectivity index (χ0v) is 26.6. The molecule has 3 heterocycles. The number of nitrogens with one attached hydrogen (secondary N) is 1. The number of rotatable bonds is 7. The van der Waals surface area contributed by atoms with Gasteiger partial charge in [-0.05, 0) is 48.9 Å². The van der Waals surface area contributed by atoms with Crippen LogP contribution in [0, 0.1) is 6.92 Å². The van der Waals surface area contributed by atoms with Crippen LogP contribution in [-0.4, -0.2) is 74.9 Å². The highest BCUT2D eigenvalue weighted by atomic mass is 35.5. The Morgan fingerprint density at radius 1 is 0.955 bits per heavy atom. The molecule has 228 valence electrons. The van der Waals surface area contributed by atoms with Gasteiger partial charge in [-0.25, -0.2) is 0 Å². The number of aromatic nitrogens is 1. The number of thioether (sulfide) groups is 1. The number of carbonyl (C=O) groups excluding carboxylic acids is 3. The van der Waals surface area contributed by atoms with E-state index < -0.39 is 10.8 Å². The predicted octanol–water partition coefficient (Wildman–Crippen LogP) is 5.42. The van der Waals surface area contributed by atoms with Crippen molar-refractivity contribution in [3.8, 4) is 0 Å². The van der Waals surface area contributed by atoms with Gasteiger partial charge in [0.2, 0.25) is 17.7 Å². The van der Waals surface area contributed by atoms with E-state index in [0.717, 1.165) is 32.5 Å². The van der Waals surface area contributed by atoms with Gasteiger partial charge >= 0.3 is 0 Å². The molecule has 4 aromatic rings. The zero-order valence-electron chi connectivity index (χ0n) is 24.3. The maximum atomic E-state index is 15.0. The Hall–Kier alpha value is -3.50. The topological polar surface area (TPSA) is 103 Å². The van der Waals surface area contributed by atoms with Gasteiger partial charge < -0.3 is 25.4 Å². The highest BCUT2D eigenvalue weighted by Gasteiger charge is 2.59. The van der Waals surface area contributed by atoms with E-state index in [9.17, 15) is 14.4 Å². The first-order chi connectivity index (χ1) is 21.2. The molecular formula is C33H33Cl2N5O3S. The van der Waals surface area contributed by atoms with E-state index in [0.29, 0.717) is 42.8 Å². The molecule has 1 aromatic heterocycles. The summed E-state index contributed by atoms with van der Waals surface area (Å²) in [6, 6.07) is 20.5. The maximum absolute atomic E-state index is 15.0. The number of aryl methyl sites for hydroxylation is 1. The minimum absolute atomic E-state index is 0.0187. The molecule has 0 bridgehead atoms. The molecule has 3 N–H and O–H groups in total. The Morgan fingerprint density at radius 3 is 2.30 bits per heavy atom. The number of likely N-dealkylation sites (tertiary alicyclic amines) is 1. The highest BCUT2D eigenvalue weighted by Crippen LogP contribution is 2.55. The Kier molecular flexibility index (Phi) is 8.66. The number of hydrogen-bond acceptors (Lipinski definition) is 5. The molecular weight excluding hydrogens is 617 g/mol. The molecule has 6 rings (SSSR count). The van der Waals surface area contributed by atoms with Crippen molar-refractivity contribution >= 4 is 63.6 Å². The van der Waals surface area contributed by atoms with Crippen LogP contribution in [0.25, 0.3) is 10.9 Å². The van der Waals surface area contributed by atoms with Crippen LogP contribution in [0.3, 0.4) is 0 Å². The van der Waals surface area contributed by atoms with E-state index in [4.69, 9.17) is 28.9 Å². The number of halogens is 2. The Bertz CT molecular complexity index is 1700. The molecule has 2 atom stereocenters. The van der Waals surface area contributed by atoms with Crippen LogP contribution in [0.15, 0.2) is 77.8 Å². The maximum Gasteiger partial charge on any atom is 0.242 e. The number of benzene rings is 3. The van der Waals surface area contributed by atoms with Crippen molar-refractivity contribution in [2.24, 2.45) is 5.73 Å². The van der Waals surface area contributed by atoms with Gasteiger partial charge in [-0.15, -0.1) is 11.8 Å². The minimum Gasteiger partial charge on any atom is -0.361 e. The minimum atomic E-state index is -1.19. The van der Waals surface area contributed by atoms with Gasteiger partial charge in [0.25, 0.3) is 0 Å². The molecule has 3 amide bonds. The first kappa shape index (κ1) is 30.5. The highest BCUT2D eigenvalue weighted by molar-refractivity contribution is 8.01. The largest absolute Gasteiger partial charge is 0.361 e. The molecule has 0 aliphatic carbocycles. The number of fused-ring (bicyclic) bond motifs is 1. The Balaban J connectivity index is 1.48. The monoisotopic (exact) mass is 649 g/mol. The van der Waals surface area contributed by atoms with Gasteiger partial charge in [0.1, 0.15) is 4.75 Å². The quantitative estimate of drug-likeness (QED) is 0.278. The molecule has 0 saturated carbocycles. The van der Waals surface area contributed by atoms with Crippen LogP contribution < -0.4 is 5.73 Å². The van der Waals surface area contributed by atoms with Crippen LogP contribution in [0.4, 0.5) is 0 Å². The number of nitrogens with two attached hydrogens (primary N) is 1. The number of carbonyl (C=O) groups is 3. The molecule has 2 fully saturated rings. The molecule has 44 heavy (non-hydrogen) atoms. The second kappa shape index (κ2) is 12.5. The number of amides is 3. The third-order valence-corrected chi connectivity index (χ3v) is 10.4. The van der Waals surface area contributed by atoms with Crippen molar-refractivity contribution in [3.05, 3.63) is 99.7 Å². The molecule has 2 aliphatic heterocycles. The van der Waals surface area contributed by atoms with Crippen LogP contribution >= 0.6 is 35.0 Å². The van der Waals surface area contributed by atoms with Gasteiger partial charge in [-0.1, -0.05) is 59.1 Å². The van der Waals surface area contributed by atoms with Gasteiger partial charge in [-0.3, -0.25) is 14.4 Å². The molecule has 2 aliphatic rings. The van der Waals surface area contributed by atoms with E-state index in [-0.39, 0.29) is 30.7 Å². The summed E-state index contributed by atoms with van der Waals surface area (Å²) in [6.07, 6.45) is 1.92. The number of nitrogens with zero attached hydrogens (tertiary/aromatic N) is 3. The molecule has 8 nitrogen and oxygen atoms in total. The summed E-state index contributed by atoms with van der Waals surface area (Å²) >= 11 is 14.0. The molecule has 11 heteroatoms. The lowest BCUT2D eigenvalue weighted by Gasteiger charge is -2.42. The lowest BCUT2D eigenvalue weighted by molar-refractivity contribution is -0.141. The van der Waals surface area contributed by atoms with Crippen LogP contribution in [0.2, 0.25) is 10.0 Å². The van der Waals surface area contributed by atoms with Crippen molar-refractivity contribution in [2.75, 3.05) is 32.7 Å². The number of hydrogen-bond donors (Lipinski definition) is 2. The summed E-state index contributed by atoms with van der Waals surface area (Å²) < 4.78 is -1.19. The van der Waals surface area contributed by atoms with Crippen LogP contribution in [0.5, 0.6) is 0 Å². The van der Waals surface area contributed by atoms with Crippen molar-refractivity contribution in [3.63, 3.8) is 0 Å². The summed E-state index contributed by atoms with van der Waals surface area (Å²) in [5.41, 5.74) is 9.30. The second-order valence-electron chi connectivity index (χ2n) is 11.3. The van der Waals surface area contributed by atoms with Crippen LogP contribution in [-0.2, 0) is 20.9 Å². The second-order valence-corrected chi connectivity index (χ2v) is 13.6. The van der Waals surface area contributed by atoms with Gasteiger partial charge in [0.15, 0.2) is 0 Å². The van der Waals surface area contributed by atoms with Crippen molar-refractivity contribution in [1.29, 1.82) is 0 Å². The van der Waals surface area contributed by atoms with Crippen LogP contribution in [0.1, 0.15) is 29.2 Å². The summed E-state index contributed by atoms with van der Waals surface area (Å²) in [6.45, 7) is 3.78. The fourth-order valence-corrected chi connectivity index (χ4v) is 8.02. The zero-order chi connectivity index (χ0) is 31.0. The lowest BCUT2D eigenvalue weighted by Crippen LogP contribution is -2.57. The van der Waals surface area contributed by atoms with Crippen molar-refractivity contribution in [1.82, 2.24) is 19.7 Å². The first-order valence-electron chi connectivity index (χ1n) is 14.5. The average molecular weight is 651 g/mol. The Morgan fingerprint density at radius 2 is 1.61 bits per heavy atom. The van der Waals surface area contributed by atoms with E-state index in [1.54, 1.807) is 9.80 Å². The summed E-state index contributed by atoms with van der Waals surface area (Å²) in [4.78, 5) is 51.0. The predicted molar refractivity (Wildman–Crippen MR) is 175 cm³/mol. The SMILES string of the molecule is Cc1ccc(S[C@@]2(C(=O)N3CCN(C(=O)CN)CC3)CC(=O)N(Cc3ccc(Cl)cc3)[C@H]2c2c[nH]c3cc(Cl)ccc23)cc1. The summed E-state index contributed by atoms with van der Waals surface area (Å²) in [5, 5.41) is 2.10. The van der Waals surface area contributed by atoms with Gasteiger partial charge in [0, 0.05) is 70.3 Å². The van der Waals surface area contributed by atoms with E-state index in [1.807, 2.05) is 84.8 Å². The van der Waals surface area contributed by atoms with E-state index in [1.165, 1.54) is 11.8 Å². The third kappa shape index (κ3) is 5.81. The average Bonchev–Trinajstić information content (AvgIpc) is 3.55. The lowest BCUT2D eigenvalue weighted by atomic mass is 9.90. The molecule has 0 spiro atoms. The van der Waals surface area contributed by atoms with E-state index >= 15 is 0 Å². The van der Waals surface area contributed by atoms with E-state index in [2.05, 4.69) is 4.98 Å². The number of H-pyrrole nitrogens is 1. The molecule has 0 unspecified atom stereocenters. The fourth-order valence-electron chi connectivity index (χ4n) is 6.25. The first-order valence-corrected chi connectivity index (χ1v) is 16.1. The van der Waals surface area contributed by atoms with Gasteiger partial charge in [0.05, 0.1) is 19.0 Å². The number of piperazine rings is 1. The fraction of sp³-hybridized carbons (Fsp3) is 0.303. The smallest absolute Gasteiger partial charge is 0.242 e. The van der Waals surface area contributed by atoms with Crippen molar-refractivity contribution < 1.29 is 14.4 Å². The Labute approximate surface area is 270 Å². The molecule has 2 saturated heterocycles. The molecule has 3 aromatic carbocycles. The normalized spacial score (nSPS) is 20.5.